The van der Waals surface area contributed by atoms with Crippen molar-refractivity contribution < 1.29 is 0 Å². The largest absolute Gasteiger partial charge is 0.309 e. The van der Waals surface area contributed by atoms with E-state index < -0.39 is 0 Å². The Kier molecular flexibility index (Phi) is 7.33. The third kappa shape index (κ3) is 6.24. The van der Waals surface area contributed by atoms with Gasteiger partial charge in [0, 0.05) is 32.2 Å². The molecule has 3 heteroatoms. The normalized spacial score (nSPS) is 22.9. The first kappa shape index (κ1) is 16.9. The molecule has 0 unspecified atom stereocenters. The Balaban J connectivity index is 2.44. The molecule has 1 fully saturated rings. The van der Waals surface area contributed by atoms with Crippen LogP contribution in [0, 0.1) is 11.8 Å². The van der Waals surface area contributed by atoms with Gasteiger partial charge < -0.3 is 9.80 Å². The van der Waals surface area contributed by atoms with Crippen molar-refractivity contribution in [3.63, 3.8) is 0 Å². The predicted octanol–water partition coefficient (Wildman–Crippen LogP) is 2.24. The maximum Gasteiger partial charge on any atom is 0.0246 e. The molecule has 0 radical (unpaired) electrons. The van der Waals surface area contributed by atoms with Crippen molar-refractivity contribution in [2.24, 2.45) is 11.8 Å². The van der Waals surface area contributed by atoms with E-state index in [2.05, 4.69) is 56.5 Å². The van der Waals surface area contributed by atoms with Gasteiger partial charge in [0.05, 0.1) is 0 Å². The van der Waals surface area contributed by atoms with Crippen molar-refractivity contribution in [1.82, 2.24) is 14.7 Å². The van der Waals surface area contributed by atoms with E-state index in [0.717, 1.165) is 17.9 Å². The summed E-state index contributed by atoms with van der Waals surface area (Å²) in [5, 5.41) is 0. The Morgan fingerprint density at radius 1 is 1.11 bits per heavy atom. The molecular formula is C16H35N3. The average molecular weight is 269 g/mol. The highest BCUT2D eigenvalue weighted by Gasteiger charge is 2.28. The van der Waals surface area contributed by atoms with Crippen LogP contribution in [0.25, 0.3) is 0 Å². The zero-order chi connectivity index (χ0) is 14.4. The zero-order valence-corrected chi connectivity index (χ0v) is 14.0. The number of piperazine rings is 1. The van der Waals surface area contributed by atoms with E-state index in [4.69, 9.17) is 0 Å². The summed E-state index contributed by atoms with van der Waals surface area (Å²) in [7, 11) is 4.33. The molecule has 19 heavy (non-hydrogen) atoms. The van der Waals surface area contributed by atoms with E-state index >= 15 is 0 Å². The van der Waals surface area contributed by atoms with E-state index in [0.29, 0.717) is 0 Å². The summed E-state index contributed by atoms with van der Waals surface area (Å²) < 4.78 is 0. The third-order valence-corrected chi connectivity index (χ3v) is 4.06. The Labute approximate surface area is 120 Å². The highest BCUT2D eigenvalue weighted by molar-refractivity contribution is 4.84. The number of nitrogens with zero attached hydrogens (tertiary/aromatic N) is 3. The standard InChI is InChI=1S/C16H35N3/c1-14(2)12-18-10-11-19(9-7-8-17(5)6)16(13-18)15(3)4/h14-16H,7-13H2,1-6H3/t16-/m0/s1. The summed E-state index contributed by atoms with van der Waals surface area (Å²) in [6, 6.07) is 0.745. The first-order chi connectivity index (χ1) is 8.90. The van der Waals surface area contributed by atoms with Crippen LogP contribution in [0.4, 0.5) is 0 Å². The summed E-state index contributed by atoms with van der Waals surface area (Å²) in [6.07, 6.45) is 1.29. The van der Waals surface area contributed by atoms with Crippen molar-refractivity contribution in [1.29, 1.82) is 0 Å². The van der Waals surface area contributed by atoms with Crippen LogP contribution >= 0.6 is 0 Å². The monoisotopic (exact) mass is 269 g/mol. The predicted molar refractivity (Wildman–Crippen MR) is 84.6 cm³/mol. The van der Waals surface area contributed by atoms with Gasteiger partial charge in [0.25, 0.3) is 0 Å². The Hall–Kier alpha value is -0.120. The quantitative estimate of drug-likeness (QED) is 0.702. The lowest BCUT2D eigenvalue weighted by Crippen LogP contribution is -2.56. The lowest BCUT2D eigenvalue weighted by atomic mass is 9.98. The van der Waals surface area contributed by atoms with Gasteiger partial charge in [0.15, 0.2) is 0 Å². The van der Waals surface area contributed by atoms with Crippen LogP contribution in [0.1, 0.15) is 34.1 Å². The molecule has 1 aliphatic heterocycles. The van der Waals surface area contributed by atoms with Crippen LogP contribution in [0.3, 0.4) is 0 Å². The molecule has 0 aromatic carbocycles. The van der Waals surface area contributed by atoms with Gasteiger partial charge in [-0.1, -0.05) is 27.7 Å². The van der Waals surface area contributed by atoms with Crippen molar-refractivity contribution in [2.75, 3.05) is 53.4 Å². The second-order valence-corrected chi connectivity index (χ2v) is 7.16. The molecule has 1 saturated heterocycles. The van der Waals surface area contributed by atoms with Gasteiger partial charge in [-0.2, -0.15) is 0 Å². The van der Waals surface area contributed by atoms with Gasteiger partial charge in [0.2, 0.25) is 0 Å². The minimum atomic E-state index is 0.745. The van der Waals surface area contributed by atoms with Crippen LogP contribution in [0.2, 0.25) is 0 Å². The first-order valence-electron chi connectivity index (χ1n) is 8.01. The van der Waals surface area contributed by atoms with Crippen molar-refractivity contribution in [3.8, 4) is 0 Å². The molecule has 0 saturated carbocycles. The van der Waals surface area contributed by atoms with Gasteiger partial charge in [-0.25, -0.2) is 0 Å². The zero-order valence-electron chi connectivity index (χ0n) is 14.0. The minimum absolute atomic E-state index is 0.745. The summed E-state index contributed by atoms with van der Waals surface area (Å²) in [5.41, 5.74) is 0. The molecule has 1 rings (SSSR count). The highest BCUT2D eigenvalue weighted by Crippen LogP contribution is 2.18. The smallest absolute Gasteiger partial charge is 0.0246 e. The van der Waals surface area contributed by atoms with Crippen LogP contribution < -0.4 is 0 Å². The van der Waals surface area contributed by atoms with Crippen LogP contribution in [-0.4, -0.2) is 74.1 Å². The molecule has 1 heterocycles. The van der Waals surface area contributed by atoms with E-state index in [1.807, 2.05) is 0 Å². The van der Waals surface area contributed by atoms with Crippen molar-refractivity contribution in [2.45, 2.75) is 40.2 Å². The third-order valence-electron chi connectivity index (χ3n) is 4.06. The molecule has 1 aliphatic rings. The summed E-state index contributed by atoms with van der Waals surface area (Å²) in [6.45, 7) is 16.9. The molecule has 0 aliphatic carbocycles. The lowest BCUT2D eigenvalue weighted by Gasteiger charge is -2.44. The van der Waals surface area contributed by atoms with Crippen LogP contribution in [0.15, 0.2) is 0 Å². The van der Waals surface area contributed by atoms with E-state index in [-0.39, 0.29) is 0 Å². The fourth-order valence-corrected chi connectivity index (χ4v) is 3.09. The molecule has 0 aromatic rings. The van der Waals surface area contributed by atoms with E-state index in [1.54, 1.807) is 0 Å². The number of hydrogen-bond donors (Lipinski definition) is 0. The molecule has 0 aromatic heterocycles. The Morgan fingerprint density at radius 3 is 2.32 bits per heavy atom. The fourth-order valence-electron chi connectivity index (χ4n) is 3.09. The summed E-state index contributed by atoms with van der Waals surface area (Å²) in [4.78, 5) is 7.68. The fraction of sp³-hybridized carbons (Fsp3) is 1.00. The number of hydrogen-bond acceptors (Lipinski definition) is 3. The molecule has 0 bridgehead atoms. The maximum atomic E-state index is 2.73. The SMILES string of the molecule is CC(C)CN1CCN(CCCN(C)C)[C@H](C(C)C)C1. The molecule has 0 spiro atoms. The number of rotatable bonds is 7. The molecular weight excluding hydrogens is 234 g/mol. The second kappa shape index (κ2) is 8.23. The van der Waals surface area contributed by atoms with Gasteiger partial charge in [-0.15, -0.1) is 0 Å². The van der Waals surface area contributed by atoms with E-state index in [9.17, 15) is 0 Å². The average Bonchev–Trinajstić information content (AvgIpc) is 2.29. The van der Waals surface area contributed by atoms with Crippen molar-refractivity contribution >= 4 is 0 Å². The Bertz CT molecular complexity index is 238. The van der Waals surface area contributed by atoms with Crippen LogP contribution in [-0.2, 0) is 0 Å². The molecule has 0 amide bonds. The lowest BCUT2D eigenvalue weighted by molar-refractivity contribution is 0.0425. The maximum absolute atomic E-state index is 2.73. The molecule has 1 atom stereocenters. The van der Waals surface area contributed by atoms with Gasteiger partial charge in [0.1, 0.15) is 0 Å². The van der Waals surface area contributed by atoms with Gasteiger partial charge >= 0.3 is 0 Å². The van der Waals surface area contributed by atoms with Gasteiger partial charge in [-0.05, 0) is 45.4 Å². The highest BCUT2D eigenvalue weighted by atomic mass is 15.3. The molecule has 0 N–H and O–H groups in total. The summed E-state index contributed by atoms with van der Waals surface area (Å²) >= 11 is 0. The molecule has 114 valence electrons. The van der Waals surface area contributed by atoms with E-state index in [1.165, 1.54) is 45.7 Å². The Morgan fingerprint density at radius 2 is 1.79 bits per heavy atom. The minimum Gasteiger partial charge on any atom is -0.309 e. The van der Waals surface area contributed by atoms with Crippen LogP contribution in [0.5, 0.6) is 0 Å². The second-order valence-electron chi connectivity index (χ2n) is 7.16. The van der Waals surface area contributed by atoms with Gasteiger partial charge in [-0.3, -0.25) is 4.90 Å². The van der Waals surface area contributed by atoms with Crippen molar-refractivity contribution in [3.05, 3.63) is 0 Å². The summed E-state index contributed by atoms with van der Waals surface area (Å²) in [5.74, 6) is 1.54. The topological polar surface area (TPSA) is 9.72 Å². The first-order valence-corrected chi connectivity index (χ1v) is 8.01. The molecule has 3 nitrogen and oxygen atoms in total.